The minimum atomic E-state index is -0.207. The highest BCUT2D eigenvalue weighted by atomic mass is 16.8. The van der Waals surface area contributed by atoms with Crippen molar-refractivity contribution in [2.24, 2.45) is 17.8 Å². The Morgan fingerprint density at radius 2 is 0.743 bits per heavy atom. The summed E-state index contributed by atoms with van der Waals surface area (Å²) in [6, 6.07) is -0.207. The molecular weight excluding hydrogens is 929 g/mol. The van der Waals surface area contributed by atoms with Crippen LogP contribution in [0.1, 0.15) is 310 Å². The van der Waals surface area contributed by atoms with Gasteiger partial charge in [-0.25, -0.2) is 4.84 Å². The van der Waals surface area contributed by atoms with Crippen molar-refractivity contribution in [3.05, 3.63) is 4.91 Å². The zero-order valence-corrected chi connectivity index (χ0v) is 48.9. The third-order valence-electron chi connectivity index (χ3n) is 16.4. The van der Waals surface area contributed by atoms with Gasteiger partial charge in [0.1, 0.15) is 12.2 Å². The second-order valence-electron chi connectivity index (χ2n) is 23.1. The first-order chi connectivity index (χ1) is 36.3. The highest BCUT2D eigenvalue weighted by Crippen LogP contribution is 2.32. The number of aliphatic hydroxyl groups excluding tert-OH is 1. The van der Waals surface area contributed by atoms with E-state index in [0.717, 1.165) is 127 Å². The van der Waals surface area contributed by atoms with Crippen molar-refractivity contribution in [2.45, 2.75) is 328 Å². The number of esters is 3. The summed E-state index contributed by atoms with van der Waals surface area (Å²) >= 11 is 0. The van der Waals surface area contributed by atoms with Gasteiger partial charge in [-0.15, -0.1) is 0 Å². The summed E-state index contributed by atoms with van der Waals surface area (Å²) in [6.45, 7) is 12.9. The van der Waals surface area contributed by atoms with Gasteiger partial charge in [-0.2, -0.15) is 0 Å². The van der Waals surface area contributed by atoms with Gasteiger partial charge in [0.25, 0.3) is 6.04 Å². The maximum Gasteiger partial charge on any atom is 0.309 e. The molecule has 11 nitrogen and oxygen atoms in total. The van der Waals surface area contributed by atoms with E-state index in [4.69, 9.17) is 19.0 Å². The van der Waals surface area contributed by atoms with Crippen LogP contribution in [0.15, 0.2) is 0 Å². The number of hydrogen-bond acceptors (Lipinski definition) is 10. The molecular formula is C63H119N2O9+. The Balaban J connectivity index is 1.62. The van der Waals surface area contributed by atoms with Gasteiger partial charge < -0.3 is 24.2 Å². The number of carbonyl (C=O) groups is 3. The fourth-order valence-corrected chi connectivity index (χ4v) is 11.3. The minimum Gasteiger partial charge on any atom is -0.465 e. The van der Waals surface area contributed by atoms with E-state index < -0.39 is 0 Å². The van der Waals surface area contributed by atoms with E-state index in [1.165, 1.54) is 128 Å². The second kappa shape index (κ2) is 47.9. The fourth-order valence-electron chi connectivity index (χ4n) is 11.3. The highest BCUT2D eigenvalue weighted by Gasteiger charge is 2.37. The molecule has 0 atom stereocenters. The van der Waals surface area contributed by atoms with Gasteiger partial charge in [-0.05, 0) is 161 Å². The van der Waals surface area contributed by atoms with Gasteiger partial charge in [0, 0.05) is 19.4 Å². The van der Waals surface area contributed by atoms with Crippen LogP contribution >= 0.6 is 0 Å². The van der Waals surface area contributed by atoms with Gasteiger partial charge >= 0.3 is 17.9 Å². The molecule has 2 aliphatic rings. The van der Waals surface area contributed by atoms with Crippen LogP contribution in [0.25, 0.3) is 0 Å². The number of rotatable bonds is 51. The van der Waals surface area contributed by atoms with Crippen LogP contribution in [0.3, 0.4) is 0 Å². The van der Waals surface area contributed by atoms with Crippen molar-refractivity contribution >= 4 is 17.9 Å². The molecule has 1 N–H and O–H groups in total. The van der Waals surface area contributed by atoms with Crippen LogP contribution in [0.5, 0.6) is 0 Å². The van der Waals surface area contributed by atoms with Crippen molar-refractivity contribution in [1.29, 1.82) is 0 Å². The van der Waals surface area contributed by atoms with Gasteiger partial charge in [-0.3, -0.25) is 14.4 Å². The Morgan fingerprint density at radius 3 is 1.14 bits per heavy atom. The molecule has 74 heavy (non-hydrogen) atoms. The van der Waals surface area contributed by atoms with E-state index in [-0.39, 0.29) is 60.5 Å². The first-order valence-electron chi connectivity index (χ1n) is 32.3. The fraction of sp³-hybridized carbons (Fsp3) is 0.952. The molecule has 0 heterocycles. The van der Waals surface area contributed by atoms with Gasteiger partial charge in [0.05, 0.1) is 29.3 Å². The molecule has 0 unspecified atom stereocenters. The zero-order chi connectivity index (χ0) is 53.5. The topological polar surface area (TPSA) is 132 Å². The Hall–Kier alpha value is -2.27. The van der Waals surface area contributed by atoms with Crippen LogP contribution in [0.4, 0.5) is 0 Å². The molecule has 434 valence electrons. The lowest BCUT2D eigenvalue weighted by Gasteiger charge is -2.28. The molecule has 0 saturated heterocycles. The third kappa shape index (κ3) is 35.2. The molecule has 2 aliphatic carbocycles. The molecule has 2 fully saturated rings. The summed E-state index contributed by atoms with van der Waals surface area (Å²) in [4.78, 5) is 61.6. The summed E-state index contributed by atoms with van der Waals surface area (Å²) in [5, 5.41) is 9.40. The van der Waals surface area contributed by atoms with Crippen LogP contribution in [-0.4, -0.2) is 90.5 Å². The van der Waals surface area contributed by atoms with Crippen LogP contribution < -0.4 is 0 Å². The van der Waals surface area contributed by atoms with Crippen molar-refractivity contribution < 1.29 is 43.5 Å². The molecule has 0 spiro atoms. The Labute approximate surface area is 455 Å². The molecule has 0 aromatic rings. The van der Waals surface area contributed by atoms with Crippen molar-refractivity contribution in [1.82, 2.24) is 4.90 Å². The molecule has 0 amide bonds. The summed E-state index contributed by atoms with van der Waals surface area (Å²) in [7, 11) is 0. The summed E-state index contributed by atoms with van der Waals surface area (Å²) in [5.74, 6) is -0.560. The van der Waals surface area contributed by atoms with E-state index in [9.17, 15) is 24.4 Å². The number of nitrogens with zero attached hydrogens (tertiary/aromatic N) is 2. The third-order valence-corrected chi connectivity index (χ3v) is 16.4. The molecule has 0 aromatic carbocycles. The first-order valence-corrected chi connectivity index (χ1v) is 32.3. The van der Waals surface area contributed by atoms with E-state index in [0.29, 0.717) is 64.6 Å². The van der Waals surface area contributed by atoms with Crippen molar-refractivity contribution in [2.75, 3.05) is 39.5 Å². The van der Waals surface area contributed by atoms with E-state index in [2.05, 4.69) is 32.6 Å². The molecule has 0 aromatic heterocycles. The average molecular weight is 1050 g/mol. The van der Waals surface area contributed by atoms with E-state index in [1.54, 1.807) is 0 Å². The number of unbranched alkanes of at least 4 members (excludes halogenated alkanes) is 25. The van der Waals surface area contributed by atoms with Crippen LogP contribution in [0, 0.1) is 22.7 Å². The van der Waals surface area contributed by atoms with E-state index >= 15 is 0 Å². The molecule has 2 rings (SSSR count). The first kappa shape index (κ1) is 67.8. The predicted molar refractivity (Wildman–Crippen MR) is 304 cm³/mol. The highest BCUT2D eigenvalue weighted by molar-refractivity contribution is 5.75. The lowest BCUT2D eigenvalue weighted by Crippen LogP contribution is -2.34. The maximum absolute atomic E-state index is 13.3. The van der Waals surface area contributed by atoms with Gasteiger partial charge in [0.2, 0.25) is 4.92 Å². The summed E-state index contributed by atoms with van der Waals surface area (Å²) in [5.41, 5.74) is 0. The molecule has 11 heteroatoms. The zero-order valence-electron chi connectivity index (χ0n) is 48.9. The second-order valence-corrected chi connectivity index (χ2v) is 23.1. The van der Waals surface area contributed by atoms with Crippen molar-refractivity contribution in [3.8, 4) is 0 Å². The minimum absolute atomic E-state index is 0.0220. The molecule has 0 bridgehead atoms. The van der Waals surface area contributed by atoms with Gasteiger partial charge in [-0.1, -0.05) is 156 Å². The monoisotopic (exact) mass is 1050 g/mol. The Morgan fingerprint density at radius 1 is 0.419 bits per heavy atom. The molecule has 0 radical (unpaired) electrons. The van der Waals surface area contributed by atoms with E-state index in [1.807, 2.05) is 0 Å². The molecule has 0 aliphatic heterocycles. The standard InChI is InChI=1S/C63H119N2O9/c1-5-9-13-17-21-27-37-59(38-28-22-18-14-10-6-2)73-62(68)56-43-41-55(42-44-56)61(67)71-53-35-25-31-49-64(51-33-34-52-66)50-32-26-36-54-72-65(70)58-47-45-57(46-48-58)63(69)74-60(39-29-23-19-15-11-7-3)40-30-24-20-16-12-8-4/h55-60,66H,5-54H2,1-4H3/q+1. The van der Waals surface area contributed by atoms with Crippen LogP contribution in [-0.2, 0) is 33.4 Å². The molecule has 2 saturated carbocycles. The normalized spacial score (nSPS) is 18.1. The van der Waals surface area contributed by atoms with Crippen molar-refractivity contribution in [3.63, 3.8) is 0 Å². The summed E-state index contributed by atoms with van der Waals surface area (Å²) in [6.07, 6.45) is 46.7. The lowest BCUT2D eigenvalue weighted by atomic mass is 9.82. The Kier molecular flexibility index (Phi) is 43.9. The number of aliphatic hydroxyl groups is 1. The Bertz CT molecular complexity index is 1210. The largest absolute Gasteiger partial charge is 0.465 e. The lowest BCUT2D eigenvalue weighted by molar-refractivity contribution is -0.828. The van der Waals surface area contributed by atoms with Crippen LogP contribution in [0.2, 0.25) is 0 Å². The summed E-state index contributed by atoms with van der Waals surface area (Å²) < 4.78 is 18.1. The quantitative estimate of drug-likeness (QED) is 0.0272. The predicted octanol–water partition coefficient (Wildman–Crippen LogP) is 16.8. The smallest absolute Gasteiger partial charge is 0.309 e. The average Bonchev–Trinajstić information content (AvgIpc) is 3.41. The SMILES string of the molecule is CCCCCCCCC(CCCCCCCC)OC(=O)C1CCC(C(=O)OCCCCCN(CCCCO)CCCCCO[N+](=O)C2CCC(C(=O)OC(CCCCCCCC)CCCCCCCC)CC2)CC1. The number of carbonyl (C=O) groups excluding carboxylic acids is 3. The number of hydrogen-bond donors (Lipinski definition) is 1. The maximum atomic E-state index is 13.3. The van der Waals surface area contributed by atoms with Gasteiger partial charge in [0.15, 0.2) is 6.61 Å². The number of ether oxygens (including phenoxy) is 3.